The van der Waals surface area contributed by atoms with Crippen LogP contribution in [0.15, 0.2) is 83.9 Å². The first-order valence-corrected chi connectivity index (χ1v) is 12.1. The second kappa shape index (κ2) is 8.33. The molecule has 0 bridgehead atoms. The molecule has 1 fully saturated rings. The number of benzene rings is 3. The van der Waals surface area contributed by atoms with Crippen LogP contribution >= 0.6 is 0 Å². The van der Waals surface area contributed by atoms with Gasteiger partial charge >= 0.3 is 0 Å². The third-order valence-corrected chi connectivity index (χ3v) is 7.98. The lowest BCUT2D eigenvalue weighted by molar-refractivity contribution is -0.120. The molecule has 1 amide bonds. The number of aromatic nitrogens is 1. The summed E-state index contributed by atoms with van der Waals surface area (Å²) >= 11 is 0. The van der Waals surface area contributed by atoms with Crippen molar-refractivity contribution in [2.75, 3.05) is 18.4 Å². The minimum Gasteiger partial charge on any atom is -0.325 e. The Hall–Kier alpha value is -3.29. The summed E-state index contributed by atoms with van der Waals surface area (Å²) in [6.45, 7) is 0.647. The van der Waals surface area contributed by atoms with Gasteiger partial charge in [-0.25, -0.2) is 8.42 Å². The van der Waals surface area contributed by atoms with Crippen molar-refractivity contribution in [1.29, 1.82) is 0 Å². The van der Waals surface area contributed by atoms with E-state index < -0.39 is 10.0 Å². The number of piperidine rings is 1. The molecule has 0 radical (unpaired) electrons. The first-order chi connectivity index (χ1) is 15.5. The Morgan fingerprint density at radius 3 is 2.50 bits per heavy atom. The quantitative estimate of drug-likeness (QED) is 0.504. The van der Waals surface area contributed by atoms with Crippen LogP contribution in [0.25, 0.3) is 21.7 Å². The summed E-state index contributed by atoms with van der Waals surface area (Å²) in [5.74, 6) is -0.311. The maximum Gasteiger partial charge on any atom is 0.243 e. The molecular weight excluding hydrogens is 422 g/mol. The van der Waals surface area contributed by atoms with Gasteiger partial charge in [0.2, 0.25) is 15.9 Å². The van der Waals surface area contributed by atoms with Gasteiger partial charge in [0.1, 0.15) is 0 Å². The highest BCUT2D eigenvalue weighted by atomic mass is 32.2. The number of hydrogen-bond donors (Lipinski definition) is 1. The van der Waals surface area contributed by atoms with Crippen LogP contribution in [0.1, 0.15) is 12.8 Å². The van der Waals surface area contributed by atoms with Crippen molar-refractivity contribution in [3.63, 3.8) is 0 Å². The minimum absolute atomic E-state index is 0.0795. The van der Waals surface area contributed by atoms with Gasteiger partial charge in [-0.1, -0.05) is 36.4 Å². The minimum atomic E-state index is -3.60. The van der Waals surface area contributed by atoms with E-state index in [1.807, 2.05) is 60.7 Å². The second-order valence-corrected chi connectivity index (χ2v) is 9.99. The van der Waals surface area contributed by atoms with Gasteiger partial charge in [-0.3, -0.25) is 9.78 Å². The van der Waals surface area contributed by atoms with Crippen molar-refractivity contribution < 1.29 is 13.2 Å². The summed E-state index contributed by atoms with van der Waals surface area (Å²) < 4.78 is 27.8. The number of carbonyl (C=O) groups excluding carboxylic acids is 1. The molecule has 32 heavy (non-hydrogen) atoms. The summed E-state index contributed by atoms with van der Waals surface area (Å²) in [4.78, 5) is 17.5. The molecule has 1 aliphatic rings. The molecule has 2 heterocycles. The highest BCUT2D eigenvalue weighted by Crippen LogP contribution is 2.28. The number of pyridine rings is 1. The van der Waals surface area contributed by atoms with E-state index in [4.69, 9.17) is 0 Å². The molecule has 1 aromatic heterocycles. The van der Waals surface area contributed by atoms with Gasteiger partial charge in [0, 0.05) is 30.6 Å². The number of rotatable bonds is 4. The van der Waals surface area contributed by atoms with E-state index in [-0.39, 0.29) is 11.8 Å². The number of nitrogens with one attached hydrogen (secondary N) is 1. The van der Waals surface area contributed by atoms with Gasteiger partial charge in [-0.2, -0.15) is 4.31 Å². The molecular formula is C25H23N3O3S. The number of anilines is 1. The zero-order chi connectivity index (χ0) is 22.1. The molecule has 1 saturated heterocycles. The number of amides is 1. The number of nitrogens with zero attached hydrogens (tertiary/aromatic N) is 2. The van der Waals surface area contributed by atoms with E-state index in [1.165, 1.54) is 4.31 Å². The van der Waals surface area contributed by atoms with E-state index in [9.17, 15) is 13.2 Å². The Morgan fingerprint density at radius 2 is 1.69 bits per heavy atom. The normalized spacial score (nSPS) is 15.8. The molecule has 3 aromatic carbocycles. The van der Waals surface area contributed by atoms with Crippen LogP contribution in [0, 0.1) is 5.92 Å². The molecule has 0 saturated carbocycles. The Kier molecular flexibility index (Phi) is 5.36. The van der Waals surface area contributed by atoms with Crippen molar-refractivity contribution in [2.24, 2.45) is 5.92 Å². The fourth-order valence-electron chi connectivity index (χ4n) is 4.28. The van der Waals surface area contributed by atoms with Gasteiger partial charge in [-0.05, 0) is 60.0 Å². The Morgan fingerprint density at radius 1 is 0.906 bits per heavy atom. The molecule has 5 rings (SSSR count). The molecule has 4 aromatic rings. The standard InChI is InChI=1S/C25H23N3O3S/c29-25(27-24-9-3-8-23-22(24)7-4-14-26-23)19-12-15-28(16-13-19)32(30,31)21-11-10-18-5-1-2-6-20(18)17-21/h1-11,14,17,19H,12-13,15-16H2,(H,27,29). The van der Waals surface area contributed by atoms with E-state index in [0.29, 0.717) is 30.8 Å². The van der Waals surface area contributed by atoms with Crippen molar-refractivity contribution >= 4 is 43.3 Å². The number of carbonyl (C=O) groups is 1. The highest BCUT2D eigenvalue weighted by Gasteiger charge is 2.32. The Bertz CT molecular complexity index is 1410. The van der Waals surface area contributed by atoms with Crippen LogP contribution in [0.3, 0.4) is 0 Å². The monoisotopic (exact) mass is 445 g/mol. The summed E-state index contributed by atoms with van der Waals surface area (Å²) in [5, 5.41) is 5.80. The fraction of sp³-hybridized carbons (Fsp3) is 0.200. The third kappa shape index (κ3) is 3.85. The van der Waals surface area contributed by atoms with Gasteiger partial charge in [0.15, 0.2) is 0 Å². The molecule has 162 valence electrons. The lowest BCUT2D eigenvalue weighted by Crippen LogP contribution is -2.41. The molecule has 0 spiro atoms. The Balaban J connectivity index is 1.28. The topological polar surface area (TPSA) is 79.4 Å². The predicted molar refractivity (Wildman–Crippen MR) is 126 cm³/mol. The largest absolute Gasteiger partial charge is 0.325 e. The average Bonchev–Trinajstić information content (AvgIpc) is 2.84. The van der Waals surface area contributed by atoms with Crippen LogP contribution in [-0.4, -0.2) is 36.7 Å². The van der Waals surface area contributed by atoms with Crippen LogP contribution < -0.4 is 5.32 Å². The SMILES string of the molecule is O=C(Nc1cccc2ncccc12)C1CCN(S(=O)(=O)c2ccc3ccccc3c2)CC1. The maximum absolute atomic E-state index is 13.2. The van der Waals surface area contributed by atoms with Gasteiger partial charge in [0.05, 0.1) is 16.1 Å². The number of hydrogen-bond acceptors (Lipinski definition) is 4. The zero-order valence-electron chi connectivity index (χ0n) is 17.4. The maximum atomic E-state index is 13.2. The summed E-state index contributed by atoms with van der Waals surface area (Å²) in [5.41, 5.74) is 1.55. The van der Waals surface area contributed by atoms with Crippen molar-refractivity contribution in [2.45, 2.75) is 17.7 Å². The summed E-state index contributed by atoms with van der Waals surface area (Å²) in [6, 6.07) is 22.3. The first-order valence-electron chi connectivity index (χ1n) is 10.7. The van der Waals surface area contributed by atoms with Crippen molar-refractivity contribution in [1.82, 2.24) is 9.29 Å². The average molecular weight is 446 g/mol. The molecule has 0 unspecified atom stereocenters. The van der Waals surface area contributed by atoms with E-state index in [0.717, 1.165) is 27.4 Å². The fourth-order valence-corrected chi connectivity index (χ4v) is 5.79. The Labute approximate surface area is 186 Å². The summed E-state index contributed by atoms with van der Waals surface area (Å²) in [6.07, 6.45) is 2.70. The van der Waals surface area contributed by atoms with Crippen LogP contribution in [0.5, 0.6) is 0 Å². The van der Waals surface area contributed by atoms with Crippen LogP contribution in [-0.2, 0) is 14.8 Å². The van der Waals surface area contributed by atoms with Crippen molar-refractivity contribution in [3.8, 4) is 0 Å². The third-order valence-electron chi connectivity index (χ3n) is 6.09. The number of sulfonamides is 1. The molecule has 0 atom stereocenters. The molecule has 1 aliphatic heterocycles. The smallest absolute Gasteiger partial charge is 0.243 e. The van der Waals surface area contributed by atoms with E-state index in [1.54, 1.807) is 18.3 Å². The van der Waals surface area contributed by atoms with Gasteiger partial charge in [-0.15, -0.1) is 0 Å². The second-order valence-electron chi connectivity index (χ2n) is 8.05. The molecule has 1 N–H and O–H groups in total. The van der Waals surface area contributed by atoms with Gasteiger partial charge < -0.3 is 5.32 Å². The summed E-state index contributed by atoms with van der Waals surface area (Å²) in [7, 11) is -3.60. The van der Waals surface area contributed by atoms with E-state index >= 15 is 0 Å². The lowest BCUT2D eigenvalue weighted by Gasteiger charge is -2.30. The van der Waals surface area contributed by atoms with Crippen molar-refractivity contribution in [3.05, 3.63) is 79.0 Å². The van der Waals surface area contributed by atoms with Gasteiger partial charge in [0.25, 0.3) is 0 Å². The highest BCUT2D eigenvalue weighted by molar-refractivity contribution is 7.89. The molecule has 6 nitrogen and oxygen atoms in total. The number of fused-ring (bicyclic) bond motifs is 2. The van der Waals surface area contributed by atoms with Crippen LogP contribution in [0.2, 0.25) is 0 Å². The predicted octanol–water partition coefficient (Wildman–Crippen LogP) is 4.43. The lowest BCUT2D eigenvalue weighted by atomic mass is 9.97. The molecule has 7 heteroatoms. The zero-order valence-corrected chi connectivity index (χ0v) is 18.3. The first kappa shape index (κ1) is 20.6. The van der Waals surface area contributed by atoms with E-state index in [2.05, 4.69) is 10.3 Å². The molecule has 0 aliphatic carbocycles. The van der Waals surface area contributed by atoms with Crippen LogP contribution in [0.4, 0.5) is 5.69 Å².